The molecule has 0 radical (unpaired) electrons. The van der Waals surface area contributed by atoms with Gasteiger partial charge in [-0.15, -0.1) is 11.8 Å². The van der Waals surface area contributed by atoms with Gasteiger partial charge in [0.1, 0.15) is 6.04 Å². The zero-order chi connectivity index (χ0) is 17.3. The van der Waals surface area contributed by atoms with Crippen molar-refractivity contribution in [2.75, 3.05) is 16.9 Å². The van der Waals surface area contributed by atoms with Gasteiger partial charge in [0.2, 0.25) is 11.8 Å². The predicted molar refractivity (Wildman–Crippen MR) is 91.8 cm³/mol. The number of anilines is 1. The van der Waals surface area contributed by atoms with E-state index in [1.165, 1.54) is 12.1 Å². The Morgan fingerprint density at radius 3 is 2.75 bits per heavy atom. The molecule has 2 fully saturated rings. The molecule has 1 N–H and O–H groups in total. The van der Waals surface area contributed by atoms with Gasteiger partial charge in [-0.05, 0) is 25.3 Å². The second-order valence-electron chi connectivity index (χ2n) is 6.20. The molecule has 1 aromatic rings. The first-order valence-corrected chi connectivity index (χ1v) is 9.07. The lowest BCUT2D eigenvalue weighted by molar-refractivity contribution is -0.384. The molecule has 1 saturated heterocycles. The van der Waals surface area contributed by atoms with Crippen molar-refractivity contribution in [2.45, 2.75) is 32.2 Å². The van der Waals surface area contributed by atoms with Gasteiger partial charge in [0.05, 0.1) is 16.5 Å². The Morgan fingerprint density at radius 1 is 1.38 bits per heavy atom. The number of nitrogens with one attached hydrogen (secondary N) is 1. The topological polar surface area (TPSA) is 92.6 Å². The van der Waals surface area contributed by atoms with Crippen LogP contribution >= 0.6 is 11.8 Å². The number of aryl methyl sites for hydroxylation is 1. The first kappa shape index (κ1) is 16.8. The highest BCUT2D eigenvalue weighted by Crippen LogP contribution is 2.32. The van der Waals surface area contributed by atoms with Crippen molar-refractivity contribution in [3.05, 3.63) is 33.9 Å². The zero-order valence-electron chi connectivity index (χ0n) is 13.4. The molecule has 1 atom stereocenters. The molecule has 1 unspecified atom stereocenters. The predicted octanol–water partition coefficient (Wildman–Crippen LogP) is 2.54. The Labute approximate surface area is 143 Å². The van der Waals surface area contributed by atoms with E-state index in [1.807, 2.05) is 0 Å². The SMILES string of the molecule is Cc1ccc([N+](=O)[O-])cc1NC(=O)C1CSCN1C(=O)C1CCC1. The molecular formula is C16H19N3O4S. The van der Waals surface area contributed by atoms with Crippen LogP contribution < -0.4 is 5.32 Å². The van der Waals surface area contributed by atoms with E-state index in [0.29, 0.717) is 17.3 Å². The molecule has 2 aliphatic rings. The van der Waals surface area contributed by atoms with Gasteiger partial charge < -0.3 is 10.2 Å². The summed E-state index contributed by atoms with van der Waals surface area (Å²) < 4.78 is 0. The van der Waals surface area contributed by atoms with Crippen LogP contribution in [0.4, 0.5) is 11.4 Å². The van der Waals surface area contributed by atoms with Crippen LogP contribution in [-0.2, 0) is 9.59 Å². The molecule has 0 bridgehead atoms. The molecule has 8 heteroatoms. The lowest BCUT2D eigenvalue weighted by Crippen LogP contribution is -2.47. The molecule has 24 heavy (non-hydrogen) atoms. The largest absolute Gasteiger partial charge is 0.324 e. The molecule has 1 saturated carbocycles. The molecule has 128 valence electrons. The van der Waals surface area contributed by atoms with Crippen molar-refractivity contribution >= 4 is 35.0 Å². The summed E-state index contributed by atoms with van der Waals surface area (Å²) in [6.07, 6.45) is 2.87. The fraction of sp³-hybridized carbons (Fsp3) is 0.500. The number of carbonyl (C=O) groups excluding carboxylic acids is 2. The van der Waals surface area contributed by atoms with Crippen molar-refractivity contribution in [1.29, 1.82) is 0 Å². The van der Waals surface area contributed by atoms with Crippen molar-refractivity contribution in [2.24, 2.45) is 5.92 Å². The minimum absolute atomic E-state index is 0.0542. The van der Waals surface area contributed by atoms with Gasteiger partial charge in [-0.3, -0.25) is 19.7 Å². The smallest absolute Gasteiger partial charge is 0.271 e. The van der Waals surface area contributed by atoms with E-state index in [0.717, 1.165) is 24.8 Å². The van der Waals surface area contributed by atoms with Crippen LogP contribution in [0, 0.1) is 23.0 Å². The van der Waals surface area contributed by atoms with E-state index in [9.17, 15) is 19.7 Å². The molecule has 3 rings (SSSR count). The van der Waals surface area contributed by atoms with E-state index in [-0.39, 0.29) is 23.4 Å². The highest BCUT2D eigenvalue weighted by molar-refractivity contribution is 7.99. The molecule has 1 aromatic carbocycles. The number of hydrogen-bond donors (Lipinski definition) is 1. The number of thioether (sulfide) groups is 1. The zero-order valence-corrected chi connectivity index (χ0v) is 14.2. The number of non-ortho nitro benzene ring substituents is 1. The number of benzene rings is 1. The van der Waals surface area contributed by atoms with Gasteiger partial charge in [-0.25, -0.2) is 0 Å². The van der Waals surface area contributed by atoms with Crippen molar-refractivity contribution in [1.82, 2.24) is 4.90 Å². The van der Waals surface area contributed by atoms with Crippen molar-refractivity contribution < 1.29 is 14.5 Å². The molecule has 1 aliphatic heterocycles. The van der Waals surface area contributed by atoms with Crippen molar-refractivity contribution in [3.8, 4) is 0 Å². The Kier molecular flexibility index (Phi) is 4.75. The second-order valence-corrected chi connectivity index (χ2v) is 7.20. The Hall–Kier alpha value is -2.09. The highest BCUT2D eigenvalue weighted by Gasteiger charge is 2.39. The van der Waals surface area contributed by atoms with Crippen LogP contribution in [0.2, 0.25) is 0 Å². The van der Waals surface area contributed by atoms with Crippen LogP contribution in [0.25, 0.3) is 0 Å². The first-order chi connectivity index (χ1) is 11.5. The van der Waals surface area contributed by atoms with Gasteiger partial charge in [-0.2, -0.15) is 0 Å². The van der Waals surface area contributed by atoms with E-state index in [2.05, 4.69) is 5.32 Å². The van der Waals surface area contributed by atoms with Gasteiger partial charge >= 0.3 is 0 Å². The lowest BCUT2D eigenvalue weighted by Gasteiger charge is -2.31. The van der Waals surface area contributed by atoms with E-state index < -0.39 is 11.0 Å². The summed E-state index contributed by atoms with van der Waals surface area (Å²) in [5.41, 5.74) is 1.10. The quantitative estimate of drug-likeness (QED) is 0.666. The Bertz CT molecular complexity index is 690. The molecule has 2 amide bonds. The first-order valence-electron chi connectivity index (χ1n) is 7.91. The summed E-state index contributed by atoms with van der Waals surface area (Å²) in [6, 6.07) is 3.85. The summed E-state index contributed by atoms with van der Waals surface area (Å²) in [6.45, 7) is 1.78. The van der Waals surface area contributed by atoms with Crippen LogP contribution in [0.5, 0.6) is 0 Å². The third-order valence-corrected chi connectivity index (χ3v) is 5.62. The summed E-state index contributed by atoms with van der Waals surface area (Å²) >= 11 is 1.56. The van der Waals surface area contributed by atoms with Crippen LogP contribution in [0.15, 0.2) is 18.2 Å². The molecular weight excluding hydrogens is 330 g/mol. The Balaban J connectivity index is 1.73. The number of amides is 2. The van der Waals surface area contributed by atoms with E-state index in [4.69, 9.17) is 0 Å². The molecule has 1 aliphatic carbocycles. The van der Waals surface area contributed by atoms with E-state index in [1.54, 1.807) is 29.7 Å². The number of nitro benzene ring substituents is 1. The fourth-order valence-corrected chi connectivity index (χ4v) is 4.00. The average Bonchev–Trinajstić information content (AvgIpc) is 2.97. The maximum Gasteiger partial charge on any atom is 0.271 e. The summed E-state index contributed by atoms with van der Waals surface area (Å²) in [4.78, 5) is 37.1. The molecule has 0 aromatic heterocycles. The highest BCUT2D eigenvalue weighted by atomic mass is 32.2. The lowest BCUT2D eigenvalue weighted by atomic mass is 9.84. The van der Waals surface area contributed by atoms with Gasteiger partial charge in [-0.1, -0.05) is 12.5 Å². The molecule has 1 heterocycles. The monoisotopic (exact) mass is 349 g/mol. The molecule has 0 spiro atoms. The van der Waals surface area contributed by atoms with Gasteiger partial charge in [0.15, 0.2) is 0 Å². The maximum absolute atomic E-state index is 12.6. The average molecular weight is 349 g/mol. The third kappa shape index (κ3) is 3.24. The summed E-state index contributed by atoms with van der Waals surface area (Å²) in [7, 11) is 0. The summed E-state index contributed by atoms with van der Waals surface area (Å²) in [5.74, 6) is 0.913. The second kappa shape index (κ2) is 6.80. The number of rotatable bonds is 4. The standard InChI is InChI=1S/C16H19N3O4S/c1-10-5-6-12(19(22)23)7-13(10)17-15(20)14-8-24-9-18(14)16(21)11-3-2-4-11/h5-7,11,14H,2-4,8-9H2,1H3,(H,17,20). The van der Waals surface area contributed by atoms with Crippen LogP contribution in [0.3, 0.4) is 0 Å². The number of hydrogen-bond acceptors (Lipinski definition) is 5. The van der Waals surface area contributed by atoms with Crippen LogP contribution in [0.1, 0.15) is 24.8 Å². The van der Waals surface area contributed by atoms with Gasteiger partial charge in [0, 0.05) is 23.8 Å². The normalized spacial score (nSPS) is 20.5. The number of carbonyl (C=O) groups is 2. The minimum atomic E-state index is -0.512. The Morgan fingerprint density at radius 2 is 2.12 bits per heavy atom. The molecule has 7 nitrogen and oxygen atoms in total. The van der Waals surface area contributed by atoms with Crippen molar-refractivity contribution in [3.63, 3.8) is 0 Å². The van der Waals surface area contributed by atoms with Gasteiger partial charge in [0.25, 0.3) is 5.69 Å². The minimum Gasteiger partial charge on any atom is -0.324 e. The maximum atomic E-state index is 12.6. The van der Waals surface area contributed by atoms with Crippen LogP contribution in [-0.4, -0.2) is 39.3 Å². The van der Waals surface area contributed by atoms with E-state index >= 15 is 0 Å². The number of nitrogens with zero attached hydrogens (tertiary/aromatic N) is 2. The number of nitro groups is 1. The third-order valence-electron chi connectivity index (χ3n) is 4.61. The fourth-order valence-electron chi connectivity index (χ4n) is 2.84. The summed E-state index contributed by atoms with van der Waals surface area (Å²) in [5, 5.41) is 13.7.